The highest BCUT2D eigenvalue weighted by molar-refractivity contribution is 5.47. The van der Waals surface area contributed by atoms with Crippen LogP contribution in [0.2, 0.25) is 0 Å². The average molecular weight is 188 g/mol. The predicted molar refractivity (Wildman–Crippen MR) is 58.7 cm³/mol. The van der Waals surface area contributed by atoms with Crippen LogP contribution in [0.4, 0.5) is 0 Å². The van der Waals surface area contributed by atoms with E-state index in [1.807, 2.05) is 0 Å². The standard InChI is InChI=1S/C13H16O/c1-8(2)11-5-6-12-9(3)10(4)14-13(12)7-11/h5-9H,4H2,1-3H3. The van der Waals surface area contributed by atoms with Crippen molar-refractivity contribution in [1.29, 1.82) is 0 Å². The molecule has 1 heterocycles. The fourth-order valence-electron chi connectivity index (χ4n) is 1.76. The summed E-state index contributed by atoms with van der Waals surface area (Å²) in [6.45, 7) is 10.4. The number of rotatable bonds is 1. The van der Waals surface area contributed by atoms with E-state index in [2.05, 4.69) is 45.5 Å². The molecule has 1 aliphatic rings. The van der Waals surface area contributed by atoms with E-state index in [0.717, 1.165) is 11.5 Å². The first-order valence-electron chi connectivity index (χ1n) is 5.10. The lowest BCUT2D eigenvalue weighted by Gasteiger charge is -2.07. The zero-order chi connectivity index (χ0) is 10.3. The average Bonchev–Trinajstić information content (AvgIpc) is 2.42. The molecule has 1 atom stereocenters. The molecule has 0 amide bonds. The van der Waals surface area contributed by atoms with Gasteiger partial charge in [0.2, 0.25) is 0 Å². The molecule has 0 bridgehead atoms. The Morgan fingerprint density at radius 3 is 2.71 bits per heavy atom. The molecule has 0 saturated carbocycles. The van der Waals surface area contributed by atoms with Crippen molar-refractivity contribution in [3.63, 3.8) is 0 Å². The zero-order valence-electron chi connectivity index (χ0n) is 9.00. The van der Waals surface area contributed by atoms with Crippen molar-refractivity contribution >= 4 is 0 Å². The highest BCUT2D eigenvalue weighted by Crippen LogP contribution is 2.40. The van der Waals surface area contributed by atoms with Gasteiger partial charge in [0.1, 0.15) is 11.5 Å². The van der Waals surface area contributed by atoms with E-state index in [4.69, 9.17) is 4.74 Å². The largest absolute Gasteiger partial charge is 0.461 e. The molecule has 1 aliphatic heterocycles. The first-order chi connectivity index (χ1) is 6.59. The van der Waals surface area contributed by atoms with Crippen LogP contribution < -0.4 is 4.74 Å². The second kappa shape index (κ2) is 3.16. The molecular formula is C13H16O. The summed E-state index contributed by atoms with van der Waals surface area (Å²) in [4.78, 5) is 0. The van der Waals surface area contributed by atoms with Gasteiger partial charge >= 0.3 is 0 Å². The molecule has 0 N–H and O–H groups in total. The monoisotopic (exact) mass is 188 g/mol. The summed E-state index contributed by atoms with van der Waals surface area (Å²) < 4.78 is 5.62. The Labute approximate surface area is 85.4 Å². The molecule has 2 rings (SSSR count). The maximum absolute atomic E-state index is 5.62. The van der Waals surface area contributed by atoms with Crippen LogP contribution in [0.15, 0.2) is 30.5 Å². The fraction of sp³-hybridized carbons (Fsp3) is 0.385. The van der Waals surface area contributed by atoms with Gasteiger partial charge in [0.25, 0.3) is 0 Å². The third-order valence-corrected chi connectivity index (χ3v) is 2.89. The van der Waals surface area contributed by atoms with E-state index < -0.39 is 0 Å². The highest BCUT2D eigenvalue weighted by atomic mass is 16.5. The predicted octanol–water partition coefficient (Wildman–Crippen LogP) is 3.82. The van der Waals surface area contributed by atoms with Crippen LogP contribution >= 0.6 is 0 Å². The Morgan fingerprint density at radius 2 is 2.07 bits per heavy atom. The molecule has 0 saturated heterocycles. The summed E-state index contributed by atoms with van der Waals surface area (Å²) in [5.41, 5.74) is 2.59. The SMILES string of the molecule is C=C1Oc2cc(C(C)C)ccc2C1C. The van der Waals surface area contributed by atoms with Gasteiger partial charge in [-0.2, -0.15) is 0 Å². The number of fused-ring (bicyclic) bond motifs is 1. The van der Waals surface area contributed by atoms with E-state index in [-0.39, 0.29) is 0 Å². The van der Waals surface area contributed by atoms with Crippen molar-refractivity contribution in [2.45, 2.75) is 32.6 Å². The number of hydrogen-bond acceptors (Lipinski definition) is 1. The Morgan fingerprint density at radius 1 is 1.36 bits per heavy atom. The molecule has 0 aliphatic carbocycles. The lowest BCUT2D eigenvalue weighted by Crippen LogP contribution is -1.89. The van der Waals surface area contributed by atoms with Gasteiger partial charge < -0.3 is 4.74 Å². The third kappa shape index (κ3) is 1.33. The van der Waals surface area contributed by atoms with Crippen LogP contribution in [0, 0.1) is 0 Å². The summed E-state index contributed by atoms with van der Waals surface area (Å²) in [6.07, 6.45) is 0. The number of benzene rings is 1. The van der Waals surface area contributed by atoms with Crippen LogP contribution in [0.1, 0.15) is 43.7 Å². The normalized spacial score (nSPS) is 19.7. The van der Waals surface area contributed by atoms with Crippen LogP contribution in [0.5, 0.6) is 5.75 Å². The van der Waals surface area contributed by atoms with E-state index in [0.29, 0.717) is 11.8 Å². The Bertz CT molecular complexity index is 377. The van der Waals surface area contributed by atoms with Crippen LogP contribution in [-0.2, 0) is 0 Å². The van der Waals surface area contributed by atoms with Gasteiger partial charge in [-0.15, -0.1) is 0 Å². The van der Waals surface area contributed by atoms with Gasteiger partial charge in [0.05, 0.1) is 0 Å². The van der Waals surface area contributed by atoms with Crippen molar-refractivity contribution in [2.75, 3.05) is 0 Å². The van der Waals surface area contributed by atoms with E-state index >= 15 is 0 Å². The quantitative estimate of drug-likeness (QED) is 0.651. The minimum atomic E-state index is 0.339. The van der Waals surface area contributed by atoms with Crippen LogP contribution in [0.3, 0.4) is 0 Å². The van der Waals surface area contributed by atoms with Gasteiger partial charge in [-0.1, -0.05) is 39.5 Å². The summed E-state index contributed by atoms with van der Waals surface area (Å²) in [5.74, 6) is 2.74. The summed E-state index contributed by atoms with van der Waals surface area (Å²) in [5, 5.41) is 0. The second-order valence-electron chi connectivity index (χ2n) is 4.24. The maximum Gasteiger partial charge on any atom is 0.131 e. The van der Waals surface area contributed by atoms with E-state index in [1.165, 1.54) is 11.1 Å². The van der Waals surface area contributed by atoms with E-state index in [1.54, 1.807) is 0 Å². The maximum atomic E-state index is 5.62. The molecule has 74 valence electrons. The van der Waals surface area contributed by atoms with Crippen molar-refractivity contribution in [3.8, 4) is 5.75 Å². The number of ether oxygens (including phenoxy) is 1. The minimum absolute atomic E-state index is 0.339. The molecule has 0 spiro atoms. The van der Waals surface area contributed by atoms with Crippen LogP contribution in [0.25, 0.3) is 0 Å². The molecule has 1 heteroatoms. The van der Waals surface area contributed by atoms with Crippen molar-refractivity contribution < 1.29 is 4.74 Å². The number of allylic oxidation sites excluding steroid dienone is 1. The second-order valence-corrected chi connectivity index (χ2v) is 4.24. The van der Waals surface area contributed by atoms with Crippen molar-refractivity contribution in [1.82, 2.24) is 0 Å². The molecule has 0 radical (unpaired) electrons. The van der Waals surface area contributed by atoms with Gasteiger partial charge in [0, 0.05) is 11.5 Å². The fourth-order valence-corrected chi connectivity index (χ4v) is 1.76. The topological polar surface area (TPSA) is 9.23 Å². The van der Waals surface area contributed by atoms with Crippen molar-refractivity contribution in [3.05, 3.63) is 41.7 Å². The lowest BCUT2D eigenvalue weighted by molar-refractivity contribution is 0.434. The summed E-state index contributed by atoms with van der Waals surface area (Å²) in [7, 11) is 0. The summed E-state index contributed by atoms with van der Waals surface area (Å²) in [6, 6.07) is 6.48. The van der Waals surface area contributed by atoms with Gasteiger partial charge in [0.15, 0.2) is 0 Å². The van der Waals surface area contributed by atoms with E-state index in [9.17, 15) is 0 Å². The Hall–Kier alpha value is -1.24. The Kier molecular flexibility index (Phi) is 2.10. The van der Waals surface area contributed by atoms with Gasteiger partial charge in [-0.3, -0.25) is 0 Å². The zero-order valence-corrected chi connectivity index (χ0v) is 9.00. The highest BCUT2D eigenvalue weighted by Gasteiger charge is 2.24. The first kappa shape index (κ1) is 9.32. The molecule has 0 aromatic heterocycles. The number of hydrogen-bond donors (Lipinski definition) is 0. The van der Waals surface area contributed by atoms with Crippen LogP contribution in [-0.4, -0.2) is 0 Å². The van der Waals surface area contributed by atoms with Gasteiger partial charge in [-0.25, -0.2) is 0 Å². The molecule has 1 aromatic rings. The first-order valence-corrected chi connectivity index (χ1v) is 5.10. The Balaban J connectivity index is 2.44. The molecule has 1 aromatic carbocycles. The smallest absolute Gasteiger partial charge is 0.131 e. The lowest BCUT2D eigenvalue weighted by atomic mass is 9.96. The molecule has 1 nitrogen and oxygen atoms in total. The molecule has 0 fully saturated rings. The molecule has 14 heavy (non-hydrogen) atoms. The summed E-state index contributed by atoms with van der Waals surface area (Å²) >= 11 is 0. The minimum Gasteiger partial charge on any atom is -0.461 e. The van der Waals surface area contributed by atoms with Gasteiger partial charge in [-0.05, 0) is 17.5 Å². The third-order valence-electron chi connectivity index (χ3n) is 2.89. The molecule has 1 unspecified atom stereocenters. The molecular weight excluding hydrogens is 172 g/mol. The van der Waals surface area contributed by atoms with Crippen molar-refractivity contribution in [2.24, 2.45) is 0 Å².